The lowest BCUT2D eigenvalue weighted by atomic mass is 10.0. The molecular formula is C21H22FN3O6. The van der Waals surface area contributed by atoms with Gasteiger partial charge < -0.3 is 15.4 Å². The Balaban J connectivity index is 2.03. The summed E-state index contributed by atoms with van der Waals surface area (Å²) in [7, 11) is 0. The average molecular weight is 431 g/mol. The molecule has 0 saturated heterocycles. The van der Waals surface area contributed by atoms with Crippen molar-refractivity contribution >= 4 is 29.2 Å². The number of nitrogens with zero attached hydrogens (tertiary/aromatic N) is 1. The van der Waals surface area contributed by atoms with Gasteiger partial charge in [-0.1, -0.05) is 32.0 Å². The van der Waals surface area contributed by atoms with Crippen molar-refractivity contribution in [2.24, 2.45) is 5.92 Å². The van der Waals surface area contributed by atoms with Gasteiger partial charge in [-0.3, -0.25) is 19.7 Å². The van der Waals surface area contributed by atoms with Crippen LogP contribution in [-0.4, -0.2) is 34.9 Å². The van der Waals surface area contributed by atoms with Crippen LogP contribution in [0.25, 0.3) is 0 Å². The predicted molar refractivity (Wildman–Crippen MR) is 110 cm³/mol. The molecule has 2 aromatic rings. The average Bonchev–Trinajstić information content (AvgIpc) is 2.73. The minimum absolute atomic E-state index is 0.0289. The Kier molecular flexibility index (Phi) is 7.78. The van der Waals surface area contributed by atoms with Crippen molar-refractivity contribution in [3.8, 4) is 0 Å². The maximum absolute atomic E-state index is 13.4. The molecule has 9 nitrogen and oxygen atoms in total. The quantitative estimate of drug-likeness (QED) is 0.376. The molecule has 2 atom stereocenters. The Morgan fingerprint density at radius 2 is 1.71 bits per heavy atom. The summed E-state index contributed by atoms with van der Waals surface area (Å²) in [4.78, 5) is 47.1. The van der Waals surface area contributed by atoms with Gasteiger partial charge in [0.15, 0.2) is 6.10 Å². The van der Waals surface area contributed by atoms with Crippen LogP contribution in [0.1, 0.15) is 31.1 Å². The van der Waals surface area contributed by atoms with Gasteiger partial charge in [-0.2, -0.15) is 4.39 Å². The normalized spacial score (nSPS) is 12.5. The van der Waals surface area contributed by atoms with E-state index in [2.05, 4.69) is 10.6 Å². The van der Waals surface area contributed by atoms with Crippen molar-refractivity contribution in [3.05, 3.63) is 70.0 Å². The van der Waals surface area contributed by atoms with E-state index < -0.39 is 46.4 Å². The molecule has 0 fully saturated rings. The molecule has 164 valence electrons. The molecule has 0 radical (unpaired) electrons. The van der Waals surface area contributed by atoms with Gasteiger partial charge in [0, 0.05) is 17.3 Å². The van der Waals surface area contributed by atoms with E-state index in [9.17, 15) is 28.9 Å². The van der Waals surface area contributed by atoms with Gasteiger partial charge in [0.1, 0.15) is 6.04 Å². The van der Waals surface area contributed by atoms with E-state index in [1.54, 1.807) is 44.2 Å². The van der Waals surface area contributed by atoms with Crippen molar-refractivity contribution in [3.63, 3.8) is 0 Å². The predicted octanol–water partition coefficient (Wildman–Crippen LogP) is 3.06. The number of nitro benzene ring substituents is 1. The first-order valence-corrected chi connectivity index (χ1v) is 9.41. The number of nitro groups is 1. The van der Waals surface area contributed by atoms with Crippen LogP contribution in [0.4, 0.5) is 15.8 Å². The van der Waals surface area contributed by atoms with Gasteiger partial charge in [0.25, 0.3) is 11.8 Å². The number of rotatable bonds is 8. The third kappa shape index (κ3) is 6.33. The number of halogens is 1. The first kappa shape index (κ1) is 23.5. The maximum Gasteiger partial charge on any atom is 0.329 e. The monoisotopic (exact) mass is 431 g/mol. The van der Waals surface area contributed by atoms with Gasteiger partial charge in [-0.15, -0.1) is 0 Å². The third-order valence-electron chi connectivity index (χ3n) is 4.32. The zero-order chi connectivity index (χ0) is 23.1. The number of ether oxygens (including phenoxy) is 1. The van der Waals surface area contributed by atoms with E-state index in [1.165, 1.54) is 6.92 Å². The molecule has 2 N–H and O–H groups in total. The van der Waals surface area contributed by atoms with E-state index in [0.29, 0.717) is 5.56 Å². The van der Waals surface area contributed by atoms with Gasteiger partial charge in [0.05, 0.1) is 4.92 Å². The number of hydrogen-bond acceptors (Lipinski definition) is 6. The number of anilines is 1. The zero-order valence-electron chi connectivity index (χ0n) is 17.1. The molecule has 31 heavy (non-hydrogen) atoms. The Morgan fingerprint density at radius 1 is 1.06 bits per heavy atom. The van der Waals surface area contributed by atoms with Crippen LogP contribution in [0.5, 0.6) is 0 Å². The fourth-order valence-electron chi connectivity index (χ4n) is 2.59. The molecule has 1 unspecified atom stereocenters. The second-order valence-corrected chi connectivity index (χ2v) is 7.05. The maximum atomic E-state index is 13.4. The van der Waals surface area contributed by atoms with Crippen LogP contribution in [0.15, 0.2) is 48.5 Å². The highest BCUT2D eigenvalue weighted by Crippen LogP contribution is 2.22. The van der Waals surface area contributed by atoms with Crippen molar-refractivity contribution in [2.75, 3.05) is 5.32 Å². The Hall–Kier alpha value is -3.82. The second kappa shape index (κ2) is 10.3. The molecule has 0 aromatic heterocycles. The van der Waals surface area contributed by atoms with E-state index in [0.717, 1.165) is 18.2 Å². The van der Waals surface area contributed by atoms with Gasteiger partial charge in [0.2, 0.25) is 5.82 Å². The molecule has 0 aliphatic heterocycles. The molecule has 10 heteroatoms. The molecule has 0 bridgehead atoms. The molecule has 0 aliphatic rings. The van der Waals surface area contributed by atoms with Crippen LogP contribution < -0.4 is 10.6 Å². The van der Waals surface area contributed by atoms with Crippen molar-refractivity contribution < 1.29 is 28.4 Å². The number of hydrogen-bond donors (Lipinski definition) is 2. The number of nitrogens with one attached hydrogen (secondary N) is 2. The zero-order valence-corrected chi connectivity index (χ0v) is 17.1. The van der Waals surface area contributed by atoms with E-state index in [4.69, 9.17) is 4.74 Å². The number of carbonyl (C=O) groups is 3. The van der Waals surface area contributed by atoms with Crippen LogP contribution >= 0.6 is 0 Å². The second-order valence-electron chi connectivity index (χ2n) is 7.05. The molecule has 0 heterocycles. The number of amides is 2. The number of carbonyl (C=O) groups excluding carboxylic acids is 3. The Morgan fingerprint density at radius 3 is 2.29 bits per heavy atom. The highest BCUT2D eigenvalue weighted by molar-refractivity contribution is 5.98. The van der Waals surface area contributed by atoms with Crippen LogP contribution in [0, 0.1) is 21.8 Å². The summed E-state index contributed by atoms with van der Waals surface area (Å²) in [6.07, 6.45) is -1.27. The summed E-state index contributed by atoms with van der Waals surface area (Å²) in [5.74, 6) is -3.42. The molecule has 0 spiro atoms. The van der Waals surface area contributed by atoms with Gasteiger partial charge in [-0.25, -0.2) is 4.79 Å². The van der Waals surface area contributed by atoms with Gasteiger partial charge in [-0.05, 0) is 37.1 Å². The first-order chi connectivity index (χ1) is 14.6. The summed E-state index contributed by atoms with van der Waals surface area (Å²) >= 11 is 0. The van der Waals surface area contributed by atoms with E-state index >= 15 is 0 Å². The largest absolute Gasteiger partial charge is 0.451 e. The fourth-order valence-corrected chi connectivity index (χ4v) is 2.59. The Bertz CT molecular complexity index is 980. The highest BCUT2D eigenvalue weighted by Gasteiger charge is 2.29. The lowest BCUT2D eigenvalue weighted by molar-refractivity contribution is -0.387. The topological polar surface area (TPSA) is 128 Å². The van der Waals surface area contributed by atoms with Gasteiger partial charge >= 0.3 is 11.7 Å². The van der Waals surface area contributed by atoms with Crippen molar-refractivity contribution in [1.82, 2.24) is 5.32 Å². The SMILES string of the molecule is CC(OC(=O)[C@@H](NC(=O)c1ccccc1)C(C)C)C(=O)Nc1ccc(F)c([N+](=O)[O-])c1. The van der Waals surface area contributed by atoms with Crippen LogP contribution in [-0.2, 0) is 14.3 Å². The lowest BCUT2D eigenvalue weighted by Crippen LogP contribution is -2.47. The summed E-state index contributed by atoms with van der Waals surface area (Å²) in [6.45, 7) is 4.72. The first-order valence-electron chi connectivity index (χ1n) is 9.41. The van der Waals surface area contributed by atoms with E-state index in [1.807, 2.05) is 0 Å². The standard InChI is InChI=1S/C21H22FN3O6/c1-12(2)18(24-20(27)14-7-5-4-6-8-14)21(28)31-13(3)19(26)23-15-9-10-16(22)17(11-15)25(29)30/h4-13,18H,1-3H3,(H,23,26)(H,24,27)/t13?,18-/m0/s1. The molecule has 0 aliphatic carbocycles. The summed E-state index contributed by atoms with van der Waals surface area (Å²) in [6, 6.07) is 10.2. The number of esters is 1. The molecule has 2 rings (SSSR count). The van der Waals surface area contributed by atoms with E-state index in [-0.39, 0.29) is 11.6 Å². The molecule has 0 saturated carbocycles. The summed E-state index contributed by atoms with van der Waals surface area (Å²) in [5, 5.41) is 15.7. The highest BCUT2D eigenvalue weighted by atomic mass is 19.1. The minimum atomic E-state index is -1.27. The van der Waals surface area contributed by atoms with Crippen molar-refractivity contribution in [2.45, 2.75) is 32.9 Å². The Labute approximate surface area is 177 Å². The summed E-state index contributed by atoms with van der Waals surface area (Å²) < 4.78 is 18.6. The minimum Gasteiger partial charge on any atom is -0.451 e. The third-order valence-corrected chi connectivity index (χ3v) is 4.32. The molecular weight excluding hydrogens is 409 g/mol. The fraction of sp³-hybridized carbons (Fsp3) is 0.286. The van der Waals surface area contributed by atoms with Crippen LogP contribution in [0.2, 0.25) is 0 Å². The van der Waals surface area contributed by atoms with Crippen molar-refractivity contribution in [1.29, 1.82) is 0 Å². The van der Waals surface area contributed by atoms with Crippen LogP contribution in [0.3, 0.4) is 0 Å². The lowest BCUT2D eigenvalue weighted by Gasteiger charge is -2.23. The smallest absolute Gasteiger partial charge is 0.329 e. The molecule has 2 aromatic carbocycles. The summed E-state index contributed by atoms with van der Waals surface area (Å²) in [5.41, 5.74) is -0.464. The molecule has 2 amide bonds. The number of benzene rings is 2.